The maximum absolute atomic E-state index is 12.9. The maximum atomic E-state index is 12.9. The van der Waals surface area contributed by atoms with Gasteiger partial charge in [0, 0.05) is 43.1 Å². The summed E-state index contributed by atoms with van der Waals surface area (Å²) in [5.41, 5.74) is -1.32. The second-order valence-corrected chi connectivity index (χ2v) is 7.01. The van der Waals surface area contributed by atoms with E-state index in [1.165, 1.54) is 38.5 Å². The van der Waals surface area contributed by atoms with Crippen molar-refractivity contribution >= 4 is 43.1 Å². The van der Waals surface area contributed by atoms with Crippen molar-refractivity contribution in [2.45, 2.75) is 0 Å². The molecule has 0 saturated carbocycles. The molecule has 0 atom stereocenters. The summed E-state index contributed by atoms with van der Waals surface area (Å²) in [6, 6.07) is 11.4. The van der Waals surface area contributed by atoms with Gasteiger partial charge in [-0.1, -0.05) is 0 Å². The van der Waals surface area contributed by atoms with Crippen molar-refractivity contribution in [1.29, 1.82) is 0 Å². The third-order valence-electron chi connectivity index (χ3n) is 5.56. The Labute approximate surface area is 168 Å². The first-order chi connectivity index (χ1) is 14.5. The highest BCUT2D eigenvalue weighted by atomic mass is 16.5. The molecule has 6 nitrogen and oxygen atoms in total. The Morgan fingerprint density at radius 3 is 1.13 bits per heavy atom. The molecular weight excluding hydrogens is 384 g/mol. The molecule has 30 heavy (non-hydrogen) atoms. The van der Waals surface area contributed by atoms with E-state index in [-0.39, 0.29) is 43.3 Å². The molecule has 0 saturated heterocycles. The van der Waals surface area contributed by atoms with Gasteiger partial charge < -0.3 is 9.47 Å². The largest absolute Gasteiger partial charge is 0.492 e. The number of fused-ring (bicyclic) bond motifs is 7. The van der Waals surface area contributed by atoms with Gasteiger partial charge in [0.25, 0.3) is 0 Å². The van der Waals surface area contributed by atoms with Gasteiger partial charge in [-0.3, -0.25) is 19.2 Å². The highest BCUT2D eigenvalue weighted by Gasteiger charge is 2.22. The van der Waals surface area contributed by atoms with Crippen LogP contribution in [-0.4, -0.2) is 14.2 Å². The molecule has 6 heteroatoms. The van der Waals surface area contributed by atoms with Crippen molar-refractivity contribution in [1.82, 2.24) is 0 Å². The van der Waals surface area contributed by atoms with E-state index in [9.17, 15) is 19.2 Å². The van der Waals surface area contributed by atoms with E-state index in [0.717, 1.165) is 0 Å². The van der Waals surface area contributed by atoms with Gasteiger partial charge in [0.2, 0.25) is 0 Å². The minimum Gasteiger partial charge on any atom is -0.492 e. The topological polar surface area (TPSA) is 86.7 Å². The normalized spacial score (nSPS) is 11.5. The van der Waals surface area contributed by atoms with Crippen LogP contribution in [0.3, 0.4) is 0 Å². The molecule has 0 heterocycles. The van der Waals surface area contributed by atoms with Gasteiger partial charge in [0.05, 0.1) is 14.2 Å². The molecule has 5 aromatic rings. The van der Waals surface area contributed by atoms with Crippen LogP contribution in [0, 0.1) is 0 Å². The average Bonchev–Trinajstić information content (AvgIpc) is 2.76. The Morgan fingerprint density at radius 1 is 0.433 bits per heavy atom. The molecule has 5 aromatic carbocycles. The van der Waals surface area contributed by atoms with Gasteiger partial charge in [0.1, 0.15) is 0 Å². The second kappa shape index (κ2) is 6.22. The van der Waals surface area contributed by atoms with Crippen molar-refractivity contribution < 1.29 is 9.47 Å². The van der Waals surface area contributed by atoms with Crippen molar-refractivity contribution in [2.24, 2.45) is 0 Å². The summed E-state index contributed by atoms with van der Waals surface area (Å²) in [7, 11) is 2.95. The highest BCUT2D eigenvalue weighted by Crippen LogP contribution is 2.46. The van der Waals surface area contributed by atoms with Gasteiger partial charge in [-0.2, -0.15) is 0 Å². The molecule has 0 aromatic heterocycles. The van der Waals surface area contributed by atoms with Crippen LogP contribution in [0.5, 0.6) is 11.5 Å². The Balaban J connectivity index is 2.33. The Kier molecular flexibility index (Phi) is 3.73. The number of hydrogen-bond acceptors (Lipinski definition) is 6. The Morgan fingerprint density at radius 2 is 0.767 bits per heavy atom. The molecule has 0 radical (unpaired) electrons. The lowest BCUT2D eigenvalue weighted by Crippen LogP contribution is -2.12. The monoisotopic (exact) mass is 398 g/mol. The Hall–Kier alpha value is -4.06. The fraction of sp³-hybridized carbons (Fsp3) is 0.0833. The van der Waals surface area contributed by atoms with E-state index in [1.807, 2.05) is 0 Å². The van der Waals surface area contributed by atoms with Crippen molar-refractivity contribution in [3.8, 4) is 11.5 Å². The summed E-state index contributed by atoms with van der Waals surface area (Å²) in [5, 5.41) is 2.69. The zero-order valence-electron chi connectivity index (χ0n) is 16.1. The standard InChI is InChI=1S/C24H14O6/c1-29-23-13-5-3-11-15(25)7-9-17(27)19(11)21(13)22-14(24(23)30-2)6-4-12-16(26)8-10-18(28)20(12)22/h3-10H,1-2H3. The summed E-state index contributed by atoms with van der Waals surface area (Å²) >= 11 is 0. The summed E-state index contributed by atoms with van der Waals surface area (Å²) < 4.78 is 11.2. The lowest BCUT2D eigenvalue weighted by atomic mass is 9.91. The molecule has 0 aliphatic carbocycles. The first-order valence-electron chi connectivity index (χ1n) is 9.18. The van der Waals surface area contributed by atoms with Crippen LogP contribution >= 0.6 is 0 Å². The molecule has 5 rings (SSSR count). The number of rotatable bonds is 2. The predicted octanol–water partition coefficient (Wildman–Crippen LogP) is 2.63. The van der Waals surface area contributed by atoms with Crippen molar-refractivity contribution in [2.75, 3.05) is 14.2 Å². The maximum Gasteiger partial charge on any atom is 0.187 e. The van der Waals surface area contributed by atoms with Crippen molar-refractivity contribution in [3.63, 3.8) is 0 Å². The van der Waals surface area contributed by atoms with Gasteiger partial charge in [-0.15, -0.1) is 0 Å². The smallest absolute Gasteiger partial charge is 0.187 e. The molecular formula is C24H14O6. The van der Waals surface area contributed by atoms with E-state index in [2.05, 4.69) is 0 Å². The zero-order chi connectivity index (χ0) is 21.2. The van der Waals surface area contributed by atoms with Gasteiger partial charge in [-0.05, 0) is 48.5 Å². The van der Waals surface area contributed by atoms with Gasteiger partial charge >= 0.3 is 0 Å². The summed E-state index contributed by atoms with van der Waals surface area (Å²) in [6.07, 6.45) is 0. The molecule has 0 aliphatic heterocycles. The lowest BCUT2D eigenvalue weighted by Gasteiger charge is -2.17. The zero-order valence-corrected chi connectivity index (χ0v) is 16.1. The molecule has 0 spiro atoms. The second-order valence-electron chi connectivity index (χ2n) is 7.01. The number of methoxy groups -OCH3 is 2. The third-order valence-corrected chi connectivity index (χ3v) is 5.56. The van der Waals surface area contributed by atoms with Gasteiger partial charge in [-0.25, -0.2) is 0 Å². The molecule has 0 bridgehead atoms. The van der Waals surface area contributed by atoms with E-state index in [0.29, 0.717) is 33.0 Å². The van der Waals surface area contributed by atoms with Crippen LogP contribution in [-0.2, 0) is 0 Å². The minimum atomic E-state index is -0.355. The predicted molar refractivity (Wildman–Crippen MR) is 117 cm³/mol. The van der Waals surface area contributed by atoms with E-state index < -0.39 is 0 Å². The number of benzene rings is 5. The van der Waals surface area contributed by atoms with E-state index in [4.69, 9.17) is 9.47 Å². The lowest BCUT2D eigenvalue weighted by molar-refractivity contribution is 0.362. The number of ether oxygens (including phenoxy) is 2. The van der Waals surface area contributed by atoms with Crippen molar-refractivity contribution in [3.05, 3.63) is 89.4 Å². The first-order valence-corrected chi connectivity index (χ1v) is 9.18. The molecule has 0 fully saturated rings. The van der Waals surface area contributed by atoms with Crippen LogP contribution in [0.2, 0.25) is 0 Å². The van der Waals surface area contributed by atoms with Crippen LogP contribution in [0.4, 0.5) is 0 Å². The summed E-state index contributed by atoms with van der Waals surface area (Å²) in [6.45, 7) is 0. The molecule has 0 aliphatic rings. The van der Waals surface area contributed by atoms with Crippen LogP contribution in [0.15, 0.2) is 67.7 Å². The first kappa shape index (κ1) is 18.0. The summed E-state index contributed by atoms with van der Waals surface area (Å²) in [4.78, 5) is 50.7. The van der Waals surface area contributed by atoms with E-state index in [1.54, 1.807) is 24.3 Å². The molecule has 0 unspecified atom stereocenters. The highest BCUT2D eigenvalue weighted by molar-refractivity contribution is 6.30. The molecule has 0 amide bonds. The van der Waals surface area contributed by atoms with E-state index >= 15 is 0 Å². The average molecular weight is 398 g/mol. The third kappa shape index (κ3) is 2.18. The fourth-order valence-corrected chi connectivity index (χ4v) is 4.32. The van der Waals surface area contributed by atoms with Crippen LogP contribution < -0.4 is 31.2 Å². The SMILES string of the molecule is COc1c(OC)c2ccc3c(=O)ccc(=O)c3c2c2c1ccc1c(=O)ccc(=O)c12. The quantitative estimate of drug-likeness (QED) is 0.425. The Bertz CT molecular complexity index is 1610. The fourth-order valence-electron chi connectivity index (χ4n) is 4.32. The van der Waals surface area contributed by atoms with Crippen LogP contribution in [0.1, 0.15) is 0 Å². The van der Waals surface area contributed by atoms with Gasteiger partial charge in [0.15, 0.2) is 33.2 Å². The molecule has 0 N–H and O–H groups in total. The summed E-state index contributed by atoms with van der Waals surface area (Å²) in [5.74, 6) is 0.755. The molecule has 146 valence electrons. The number of hydrogen-bond donors (Lipinski definition) is 0. The minimum absolute atomic E-state index is 0.189. The van der Waals surface area contributed by atoms with Crippen LogP contribution in [0.25, 0.3) is 43.1 Å².